The molecule has 0 spiro atoms. The summed E-state index contributed by atoms with van der Waals surface area (Å²) in [6, 6.07) is 150. The lowest BCUT2D eigenvalue weighted by Crippen LogP contribution is -2.17. The van der Waals surface area contributed by atoms with E-state index in [1.165, 1.54) is 125 Å². The van der Waals surface area contributed by atoms with Crippen LogP contribution in [-0.2, 0) is 21.7 Å². The van der Waals surface area contributed by atoms with E-state index in [9.17, 15) is 0 Å². The molecule has 4 aliphatic rings. The van der Waals surface area contributed by atoms with Crippen molar-refractivity contribution in [3.05, 3.63) is 463 Å². The van der Waals surface area contributed by atoms with E-state index >= 15 is 0 Å². The molecule has 8 aromatic heterocycles. The van der Waals surface area contributed by atoms with E-state index < -0.39 is 0 Å². The molecule has 0 atom stereocenters. The van der Waals surface area contributed by atoms with Gasteiger partial charge in [-0.15, -0.1) is 11.3 Å². The Morgan fingerprint density at radius 3 is 1.08 bits per heavy atom. The summed E-state index contributed by atoms with van der Waals surface area (Å²) in [7, 11) is 0. The molecule has 0 saturated heterocycles. The first-order valence-electron chi connectivity index (χ1n) is 49.4. The molecule has 0 bridgehead atoms. The highest BCUT2D eigenvalue weighted by Gasteiger charge is 2.45. The van der Waals surface area contributed by atoms with Crippen LogP contribution < -0.4 is 0 Å². The van der Waals surface area contributed by atoms with Gasteiger partial charge in [-0.05, 0) is 141 Å². The van der Waals surface area contributed by atoms with E-state index in [4.69, 9.17) is 34.3 Å². The van der Waals surface area contributed by atoms with Gasteiger partial charge < -0.3 is 18.1 Å². The zero-order chi connectivity index (χ0) is 95.6. The van der Waals surface area contributed by atoms with Gasteiger partial charge in [0.25, 0.3) is 0 Å². The molecule has 4 aliphatic carbocycles. The van der Waals surface area contributed by atoms with Crippen LogP contribution in [0.15, 0.2) is 423 Å². The molecule has 0 radical (unpaired) electrons. The minimum atomic E-state index is -0.259. The van der Waals surface area contributed by atoms with Crippen LogP contribution in [0.5, 0.6) is 0 Å². The highest BCUT2D eigenvalue weighted by molar-refractivity contribution is 7.26. The van der Waals surface area contributed by atoms with Crippen molar-refractivity contribution >= 4 is 119 Å². The van der Waals surface area contributed by atoms with Gasteiger partial charge in [0.05, 0.1) is 72.0 Å². The van der Waals surface area contributed by atoms with Gasteiger partial charge in [0.1, 0.15) is 5.58 Å². The lowest BCUT2D eigenvalue weighted by Gasteiger charge is -2.23. The number of hydrogen-bond donors (Lipinski definition) is 0. The second-order valence-electron chi connectivity index (χ2n) is 40.6. The number of benzene rings is 18. The standard InChI is InChI=1S/C46H35N3.C43H29N3O.C43H29N3S/c1-45(2)36-19-11-8-16-31(36)33-26-27-34-32-17-10-13-21-38(32)49(42(34)40(33)45)30-24-22-29(23-25-30)44-47-41(28-14-6-5-7-15-28)39-35-18-9-12-20-37(35)46(3,4)43(39)48-44;2*1-43(2)34-20-9-6-19-33(34)37-38(26-13-4-3-5-14-26)44-42(45-41(37)43)27-15-12-16-28(25-27)46-35-21-10-7-17-29(35)31-23-24-32-30-18-8-11-22-36(30)47-40(32)39(31)46/h5-27H,1-4H3;2*3-25H,1-2H3. The second-order valence-corrected chi connectivity index (χ2v) is 41.7. The molecule has 0 N–H and O–H groups in total. The fourth-order valence-corrected chi connectivity index (χ4v) is 25.6. The largest absolute Gasteiger partial charge is 0.454 e. The van der Waals surface area contributed by atoms with Crippen molar-refractivity contribution in [2.75, 3.05) is 0 Å². The summed E-state index contributed by atoms with van der Waals surface area (Å²) in [4.78, 5) is 32.1. The van der Waals surface area contributed by atoms with Crippen molar-refractivity contribution in [3.63, 3.8) is 0 Å². The summed E-state index contributed by atoms with van der Waals surface area (Å²) < 4.78 is 16.5. The van der Waals surface area contributed by atoms with Gasteiger partial charge in [-0.1, -0.05) is 389 Å². The van der Waals surface area contributed by atoms with Gasteiger partial charge >= 0.3 is 0 Å². The predicted molar refractivity (Wildman–Crippen MR) is 592 cm³/mol. The van der Waals surface area contributed by atoms with Crippen LogP contribution in [0.2, 0.25) is 0 Å². The molecule has 0 amide bonds. The monoisotopic (exact) mass is 1850 g/mol. The summed E-state index contributed by atoms with van der Waals surface area (Å²) in [5, 5.41) is 12.3. The number of hydrogen-bond acceptors (Lipinski definition) is 8. The van der Waals surface area contributed by atoms with Crippen molar-refractivity contribution < 1.29 is 4.42 Å². The van der Waals surface area contributed by atoms with Crippen LogP contribution in [0.3, 0.4) is 0 Å². The molecule has 0 unspecified atom stereocenters. The van der Waals surface area contributed by atoms with E-state index in [-0.39, 0.29) is 21.7 Å². The average Bonchev–Trinajstić information content (AvgIpc) is 1.60. The van der Waals surface area contributed by atoms with E-state index in [0.29, 0.717) is 0 Å². The van der Waals surface area contributed by atoms with Crippen LogP contribution in [-0.4, -0.2) is 43.6 Å². The van der Waals surface area contributed by atoms with Gasteiger partial charge in [-0.25, -0.2) is 29.9 Å². The van der Waals surface area contributed by atoms with E-state index in [1.54, 1.807) is 0 Å². The number of para-hydroxylation sites is 4. The molecule has 26 aromatic rings. The van der Waals surface area contributed by atoms with Crippen molar-refractivity contribution in [1.82, 2.24) is 43.6 Å². The lowest BCUT2D eigenvalue weighted by atomic mass is 9.81. The van der Waals surface area contributed by atoms with Gasteiger partial charge in [-0.3, -0.25) is 0 Å². The number of rotatable bonds is 9. The molecule has 678 valence electrons. The van der Waals surface area contributed by atoms with Gasteiger partial charge in [0, 0.05) is 147 Å². The smallest absolute Gasteiger partial charge is 0.160 e. The Balaban J connectivity index is 0.000000105. The summed E-state index contributed by atoms with van der Waals surface area (Å²) in [5.41, 5.74) is 40.2. The maximum atomic E-state index is 6.60. The molecule has 18 aromatic carbocycles. The Bertz CT molecular complexity index is 9480. The third-order valence-electron chi connectivity index (χ3n) is 31.1. The minimum Gasteiger partial charge on any atom is -0.454 e. The normalized spacial score (nSPS) is 14.0. The Hall–Kier alpha value is -17.4. The summed E-state index contributed by atoms with van der Waals surface area (Å²) in [5.74, 6) is 2.22. The fourth-order valence-electron chi connectivity index (χ4n) is 24.3. The van der Waals surface area contributed by atoms with E-state index in [0.717, 1.165) is 157 Å². The SMILES string of the molecule is CC1(C)c2ccccc2-c2c(-c3ccccc3)nc(-c3ccc(-n4c5ccccc5c5ccc6c(c54)C(C)(C)c4ccccc4-6)cc3)nc21.CC1(C)c2ccccc2-c2c(-c3ccccc3)nc(-c3cccc(-n4c5ccccc5c5ccc6c7ccccc7oc6c54)c3)nc21.CC1(C)c2ccccc2-c2c(-c3ccccc3)nc(-c3cccc(-n4c5ccccc5c5ccc6c7ccccc7sc6c54)c3)nc21. The molecular formula is C132H93N9OS. The van der Waals surface area contributed by atoms with Crippen molar-refractivity contribution in [2.45, 2.75) is 77.0 Å². The highest BCUT2D eigenvalue weighted by Crippen LogP contribution is 2.58. The molecule has 0 saturated carbocycles. The lowest BCUT2D eigenvalue weighted by molar-refractivity contribution is 0.636. The van der Waals surface area contributed by atoms with E-state index in [2.05, 4.69) is 476 Å². The number of nitrogens with zero attached hydrogens (tertiary/aromatic N) is 9. The van der Waals surface area contributed by atoms with Crippen molar-refractivity contribution in [1.29, 1.82) is 0 Å². The highest BCUT2D eigenvalue weighted by atomic mass is 32.1. The number of aromatic nitrogens is 9. The third-order valence-corrected chi connectivity index (χ3v) is 32.3. The number of fused-ring (bicyclic) bond motifs is 30. The first kappa shape index (κ1) is 83.8. The third kappa shape index (κ3) is 12.5. The topological polar surface area (TPSA) is 105 Å². The van der Waals surface area contributed by atoms with Crippen molar-refractivity contribution in [3.8, 4) is 130 Å². The quantitative estimate of drug-likeness (QED) is 0.142. The molecular weight excluding hydrogens is 1760 g/mol. The van der Waals surface area contributed by atoms with E-state index in [1.807, 2.05) is 23.5 Å². The fraction of sp³-hybridized carbons (Fsp3) is 0.0909. The molecule has 30 rings (SSSR count). The van der Waals surface area contributed by atoms with Crippen LogP contribution in [0.25, 0.3) is 237 Å². The van der Waals surface area contributed by atoms with Crippen LogP contribution in [0.4, 0.5) is 0 Å². The number of thiophene rings is 1. The molecule has 10 nitrogen and oxygen atoms in total. The summed E-state index contributed by atoms with van der Waals surface area (Å²) >= 11 is 1.88. The first-order valence-corrected chi connectivity index (χ1v) is 50.2. The van der Waals surface area contributed by atoms with Crippen LogP contribution in [0, 0.1) is 0 Å². The zero-order valence-electron chi connectivity index (χ0n) is 80.2. The van der Waals surface area contributed by atoms with Crippen LogP contribution in [0.1, 0.15) is 100 Å². The molecule has 143 heavy (non-hydrogen) atoms. The predicted octanol–water partition coefficient (Wildman–Crippen LogP) is 34.2. The molecule has 0 fully saturated rings. The second kappa shape index (κ2) is 31.6. The molecule has 11 heteroatoms. The Morgan fingerprint density at radius 1 is 0.231 bits per heavy atom. The Morgan fingerprint density at radius 2 is 0.587 bits per heavy atom. The summed E-state index contributed by atoms with van der Waals surface area (Å²) in [6.45, 7) is 18.4. The average molecular weight is 1850 g/mol. The first-order chi connectivity index (χ1) is 70.0. The molecule has 0 aliphatic heterocycles. The number of furan rings is 1. The van der Waals surface area contributed by atoms with Gasteiger partial charge in [0.2, 0.25) is 0 Å². The van der Waals surface area contributed by atoms with Crippen LogP contribution >= 0.6 is 11.3 Å². The Kier molecular flexibility index (Phi) is 18.5. The van der Waals surface area contributed by atoms with Gasteiger partial charge in [0.15, 0.2) is 23.1 Å². The minimum absolute atomic E-state index is 0.131. The van der Waals surface area contributed by atoms with Gasteiger partial charge in [-0.2, -0.15) is 0 Å². The zero-order valence-corrected chi connectivity index (χ0v) is 81.0. The van der Waals surface area contributed by atoms with Crippen molar-refractivity contribution in [2.24, 2.45) is 0 Å². The summed E-state index contributed by atoms with van der Waals surface area (Å²) in [6.07, 6.45) is 0. The maximum absolute atomic E-state index is 6.60. The molecule has 8 heterocycles. The Labute approximate surface area is 830 Å². The maximum Gasteiger partial charge on any atom is 0.160 e.